The van der Waals surface area contributed by atoms with Gasteiger partial charge in [0.05, 0.1) is 30.2 Å². The number of piperidine rings is 1. The van der Waals surface area contributed by atoms with Crippen LogP contribution in [0.25, 0.3) is 27.5 Å². The zero-order chi connectivity index (χ0) is 39.1. The number of hydrogen-bond acceptors (Lipinski definition) is 8. The molecule has 2 aliphatic heterocycles. The largest absolute Gasteiger partial charge is 0.464 e. The van der Waals surface area contributed by atoms with Crippen LogP contribution in [0.3, 0.4) is 0 Å². The smallest absolute Gasteiger partial charge is 0.417 e. The second-order valence-corrected chi connectivity index (χ2v) is 14.0. The van der Waals surface area contributed by atoms with Crippen molar-refractivity contribution in [3.05, 3.63) is 125 Å². The maximum atomic E-state index is 13.9. The van der Waals surface area contributed by atoms with Gasteiger partial charge in [0.2, 0.25) is 0 Å². The summed E-state index contributed by atoms with van der Waals surface area (Å²) in [5.41, 5.74) is -0.406. The summed E-state index contributed by atoms with van der Waals surface area (Å²) in [6, 6.07) is 16.9. The minimum absolute atomic E-state index is 0.0370. The number of nitrogens with zero attached hydrogens (tertiary/aromatic N) is 2. The summed E-state index contributed by atoms with van der Waals surface area (Å²) in [5.74, 6) is -2.48. The zero-order valence-corrected chi connectivity index (χ0v) is 29.7. The number of carbonyl (C=O) groups is 2. The molecule has 288 valence electrons. The van der Waals surface area contributed by atoms with Crippen LogP contribution in [0.2, 0.25) is 0 Å². The van der Waals surface area contributed by atoms with Crippen molar-refractivity contribution in [3.8, 4) is 0 Å². The highest BCUT2D eigenvalue weighted by atomic mass is 19.4. The second-order valence-electron chi connectivity index (χ2n) is 14.0. The number of alkyl halides is 6. The molecule has 14 heteroatoms. The third-order valence-corrected chi connectivity index (χ3v) is 10.4. The molecule has 3 unspecified atom stereocenters. The molecule has 0 radical (unpaired) electrons. The molecule has 0 amide bonds. The molecular formula is C41H36F6N2O6. The van der Waals surface area contributed by atoms with Crippen LogP contribution in [0.5, 0.6) is 0 Å². The van der Waals surface area contributed by atoms with Gasteiger partial charge in [-0.25, -0.2) is 9.59 Å². The van der Waals surface area contributed by atoms with Gasteiger partial charge in [-0.2, -0.15) is 26.3 Å². The molecule has 0 N–H and O–H groups in total. The molecule has 4 heterocycles. The minimum Gasteiger partial charge on any atom is -0.464 e. The number of ether oxygens (including phenoxy) is 1. The molecule has 0 spiro atoms. The summed E-state index contributed by atoms with van der Waals surface area (Å²) in [6.07, 6.45) is -3.02. The van der Waals surface area contributed by atoms with E-state index in [0.29, 0.717) is 30.8 Å². The molecule has 1 saturated heterocycles. The standard InChI is InChI=1S/C41H36F6N2O6/c1-25-22-49(18-14-28(25)29-8-9-32(40(42,43)44)30-15-20-52-37(29)30)55-36(51)13-12-35(50)54-39(17-19-48(23-26(39)2)24-27-6-4-3-5-7-27)34-11-10-33(41(45,46)47)31-16-21-53-38(31)34/h3-16,20-21,25-26H,17-19,22-24H2,1-2H3/b13-12+. The van der Waals surface area contributed by atoms with Gasteiger partial charge < -0.3 is 18.4 Å². The van der Waals surface area contributed by atoms with Crippen LogP contribution in [-0.4, -0.2) is 48.1 Å². The molecule has 2 aromatic heterocycles. The van der Waals surface area contributed by atoms with E-state index < -0.39 is 46.9 Å². The van der Waals surface area contributed by atoms with Crippen molar-refractivity contribution in [1.29, 1.82) is 0 Å². The molecule has 7 rings (SSSR count). The SMILES string of the molecule is CC1CN(OC(=O)/C=C/C(=O)OC2(c3ccc(C(F)(F)F)c4ccoc34)CCN(Cc3ccccc3)CC2C)CC=C1c1ccc(C(F)(F)F)c2ccoc12. The summed E-state index contributed by atoms with van der Waals surface area (Å²) in [6.45, 7) is 5.50. The highest BCUT2D eigenvalue weighted by Gasteiger charge is 2.48. The van der Waals surface area contributed by atoms with E-state index in [9.17, 15) is 35.9 Å². The number of likely N-dealkylation sites (tertiary alicyclic amines) is 1. The second kappa shape index (κ2) is 14.7. The number of furan rings is 2. The Hall–Kier alpha value is -5.34. The third-order valence-electron chi connectivity index (χ3n) is 10.4. The Labute approximate surface area is 311 Å². The lowest BCUT2D eigenvalue weighted by Crippen LogP contribution is -2.51. The molecule has 0 aliphatic carbocycles. The van der Waals surface area contributed by atoms with E-state index in [1.54, 1.807) is 6.08 Å². The fraction of sp³-hybridized carbons (Fsp3) is 0.317. The van der Waals surface area contributed by atoms with E-state index in [0.717, 1.165) is 35.4 Å². The van der Waals surface area contributed by atoms with E-state index >= 15 is 0 Å². The topological polar surface area (TPSA) is 85.4 Å². The lowest BCUT2D eigenvalue weighted by molar-refractivity contribution is -0.184. The van der Waals surface area contributed by atoms with Gasteiger partial charge in [0.1, 0.15) is 16.8 Å². The fourth-order valence-electron chi connectivity index (χ4n) is 7.80. The predicted molar refractivity (Wildman–Crippen MR) is 190 cm³/mol. The predicted octanol–water partition coefficient (Wildman–Crippen LogP) is 9.55. The number of hydroxylamine groups is 2. The first-order valence-corrected chi connectivity index (χ1v) is 17.6. The quantitative estimate of drug-likeness (QED) is 0.0878. The summed E-state index contributed by atoms with van der Waals surface area (Å²) in [7, 11) is 0. The first-order chi connectivity index (χ1) is 26.1. The number of halogens is 6. The molecule has 5 aromatic rings. The number of benzene rings is 3. The van der Waals surface area contributed by atoms with E-state index in [1.165, 1.54) is 41.9 Å². The molecular weight excluding hydrogens is 730 g/mol. The van der Waals surface area contributed by atoms with Crippen molar-refractivity contribution in [2.24, 2.45) is 11.8 Å². The van der Waals surface area contributed by atoms with Crippen LogP contribution in [-0.2, 0) is 43.7 Å². The van der Waals surface area contributed by atoms with E-state index in [4.69, 9.17) is 18.4 Å². The lowest BCUT2D eigenvalue weighted by Gasteiger charge is -2.46. The van der Waals surface area contributed by atoms with E-state index in [1.807, 2.05) is 44.2 Å². The first-order valence-electron chi connectivity index (χ1n) is 17.6. The normalized spacial score (nSPS) is 21.6. The minimum atomic E-state index is -4.64. The van der Waals surface area contributed by atoms with Gasteiger partial charge in [0.15, 0.2) is 0 Å². The Morgan fingerprint density at radius 1 is 0.818 bits per heavy atom. The van der Waals surface area contributed by atoms with Crippen LogP contribution in [0.4, 0.5) is 26.3 Å². The monoisotopic (exact) mass is 766 g/mol. The van der Waals surface area contributed by atoms with Gasteiger partial charge in [0, 0.05) is 72.6 Å². The Kier molecular flexibility index (Phi) is 10.2. The van der Waals surface area contributed by atoms with Crippen LogP contribution in [0, 0.1) is 11.8 Å². The Morgan fingerprint density at radius 2 is 1.45 bits per heavy atom. The van der Waals surface area contributed by atoms with Gasteiger partial charge in [-0.05, 0) is 41.3 Å². The lowest BCUT2D eigenvalue weighted by atomic mass is 9.75. The van der Waals surface area contributed by atoms with Crippen molar-refractivity contribution in [2.75, 3.05) is 26.2 Å². The summed E-state index contributed by atoms with van der Waals surface area (Å²) >= 11 is 0. The average Bonchev–Trinajstić information content (AvgIpc) is 3.82. The van der Waals surface area contributed by atoms with Gasteiger partial charge in [0.25, 0.3) is 0 Å². The van der Waals surface area contributed by atoms with Crippen molar-refractivity contribution in [1.82, 2.24) is 9.96 Å². The molecule has 0 bridgehead atoms. The summed E-state index contributed by atoms with van der Waals surface area (Å²) in [5, 5.41) is 1.15. The zero-order valence-electron chi connectivity index (χ0n) is 29.7. The number of hydrogen-bond donors (Lipinski definition) is 0. The van der Waals surface area contributed by atoms with Crippen LogP contribution < -0.4 is 0 Å². The maximum Gasteiger partial charge on any atom is 0.417 e. The Morgan fingerprint density at radius 3 is 2.11 bits per heavy atom. The first kappa shape index (κ1) is 38.0. The maximum absolute atomic E-state index is 13.9. The van der Waals surface area contributed by atoms with Crippen LogP contribution in [0.15, 0.2) is 106 Å². The molecule has 2 aliphatic rings. The number of rotatable bonds is 8. The third kappa shape index (κ3) is 7.65. The Balaban J connectivity index is 1.07. The van der Waals surface area contributed by atoms with Gasteiger partial charge in [-0.3, -0.25) is 4.90 Å². The highest BCUT2D eigenvalue weighted by molar-refractivity contribution is 5.94. The number of fused-ring (bicyclic) bond motifs is 2. The van der Waals surface area contributed by atoms with Gasteiger partial charge >= 0.3 is 24.3 Å². The average molecular weight is 767 g/mol. The van der Waals surface area contributed by atoms with E-state index in [-0.39, 0.29) is 47.4 Å². The number of esters is 1. The molecule has 55 heavy (non-hydrogen) atoms. The van der Waals surface area contributed by atoms with Gasteiger partial charge in [-0.15, -0.1) is 5.06 Å². The molecule has 3 aromatic carbocycles. The van der Waals surface area contributed by atoms with Gasteiger partial charge in [-0.1, -0.05) is 62.4 Å². The van der Waals surface area contributed by atoms with Crippen LogP contribution in [0.1, 0.15) is 48.1 Å². The van der Waals surface area contributed by atoms with Crippen molar-refractivity contribution < 1.29 is 54.3 Å². The molecule has 8 nitrogen and oxygen atoms in total. The molecule has 1 fully saturated rings. The van der Waals surface area contributed by atoms with Crippen molar-refractivity contribution in [2.45, 2.75) is 44.8 Å². The fourth-order valence-corrected chi connectivity index (χ4v) is 7.80. The van der Waals surface area contributed by atoms with Crippen molar-refractivity contribution >= 4 is 39.5 Å². The van der Waals surface area contributed by atoms with E-state index in [2.05, 4.69) is 4.90 Å². The Bertz CT molecular complexity index is 2270. The molecule has 0 saturated carbocycles. The summed E-state index contributed by atoms with van der Waals surface area (Å²) in [4.78, 5) is 34.0. The summed E-state index contributed by atoms with van der Waals surface area (Å²) < 4.78 is 99.7. The van der Waals surface area contributed by atoms with Crippen LogP contribution >= 0.6 is 0 Å². The van der Waals surface area contributed by atoms with Crippen molar-refractivity contribution in [3.63, 3.8) is 0 Å². The molecule has 3 atom stereocenters. The highest BCUT2D eigenvalue weighted by Crippen LogP contribution is 2.47. The number of carbonyl (C=O) groups excluding carboxylic acids is 2.